The van der Waals surface area contributed by atoms with E-state index in [1.165, 1.54) is 6.20 Å². The smallest absolute Gasteiger partial charge is 0.246 e. The summed E-state index contributed by atoms with van der Waals surface area (Å²) in [4.78, 5) is 8.82. The Balaban J connectivity index is 1.85. The second-order valence-electron chi connectivity index (χ2n) is 5.92. The van der Waals surface area contributed by atoms with E-state index >= 15 is 0 Å². The number of hydrogen-bond donors (Lipinski definition) is 1. The molecule has 0 radical (unpaired) electrons. The Labute approximate surface area is 138 Å². The normalized spacial score (nSPS) is 21.5. The number of sulfonamides is 1. The molecule has 1 N–H and O–H groups in total. The van der Waals surface area contributed by atoms with Gasteiger partial charge in [-0.1, -0.05) is 6.92 Å². The van der Waals surface area contributed by atoms with Gasteiger partial charge in [0, 0.05) is 64.8 Å². The summed E-state index contributed by atoms with van der Waals surface area (Å²) in [6.45, 7) is 9.12. The van der Waals surface area contributed by atoms with Gasteiger partial charge in [0.05, 0.1) is 5.69 Å². The lowest BCUT2D eigenvalue weighted by atomic mass is 10.3. The van der Waals surface area contributed by atoms with Crippen LogP contribution in [-0.4, -0.2) is 81.5 Å². The van der Waals surface area contributed by atoms with Crippen molar-refractivity contribution in [3.8, 4) is 0 Å². The van der Waals surface area contributed by atoms with E-state index in [9.17, 15) is 8.42 Å². The highest BCUT2D eigenvalue weighted by Crippen LogP contribution is 2.27. The largest absolute Gasteiger partial charge is 0.368 e. The summed E-state index contributed by atoms with van der Waals surface area (Å²) in [6, 6.07) is 1.82. The molecular formula is C15H25N5O2S. The third kappa shape index (κ3) is 3.50. The molecule has 0 aliphatic carbocycles. The fourth-order valence-corrected chi connectivity index (χ4v) is 4.74. The molecule has 7 nitrogen and oxygen atoms in total. The van der Waals surface area contributed by atoms with Crippen molar-refractivity contribution in [3.63, 3.8) is 0 Å². The molecule has 0 bridgehead atoms. The number of pyridine rings is 1. The van der Waals surface area contributed by atoms with Gasteiger partial charge in [-0.3, -0.25) is 4.98 Å². The highest BCUT2D eigenvalue weighted by Gasteiger charge is 2.31. The number of anilines is 1. The minimum Gasteiger partial charge on any atom is -0.368 e. The molecule has 3 rings (SSSR count). The van der Waals surface area contributed by atoms with Gasteiger partial charge in [0.2, 0.25) is 10.0 Å². The Hall–Kier alpha value is -1.22. The molecule has 128 valence electrons. The maximum atomic E-state index is 13.1. The zero-order valence-electron chi connectivity index (χ0n) is 13.6. The van der Waals surface area contributed by atoms with Gasteiger partial charge in [0.1, 0.15) is 4.90 Å². The first-order chi connectivity index (χ1) is 11.1. The van der Waals surface area contributed by atoms with E-state index in [-0.39, 0.29) is 0 Å². The van der Waals surface area contributed by atoms with E-state index in [0.29, 0.717) is 18.0 Å². The zero-order valence-corrected chi connectivity index (χ0v) is 14.4. The lowest BCUT2D eigenvalue weighted by Crippen LogP contribution is -2.49. The lowest BCUT2D eigenvalue weighted by Gasteiger charge is -2.35. The molecule has 0 unspecified atom stereocenters. The maximum absolute atomic E-state index is 13.1. The summed E-state index contributed by atoms with van der Waals surface area (Å²) < 4.78 is 27.7. The van der Waals surface area contributed by atoms with Gasteiger partial charge < -0.3 is 15.1 Å². The highest BCUT2D eigenvalue weighted by atomic mass is 32.2. The Morgan fingerprint density at radius 1 is 1.13 bits per heavy atom. The van der Waals surface area contributed by atoms with Crippen LogP contribution in [0.2, 0.25) is 0 Å². The van der Waals surface area contributed by atoms with Crippen molar-refractivity contribution in [3.05, 3.63) is 18.5 Å². The van der Waals surface area contributed by atoms with Crippen LogP contribution in [0.3, 0.4) is 0 Å². The first-order valence-electron chi connectivity index (χ1n) is 8.25. The SMILES string of the molecule is CCN1CCN(S(=O)(=O)c2cnccc2N2CCNCC2)CC1. The standard InChI is InChI=1S/C15H25N5O2S/c1-2-18-9-11-20(12-10-18)23(21,22)15-13-17-4-3-14(15)19-7-5-16-6-8-19/h3-4,13,16H,2,5-12H2,1H3. The molecule has 3 heterocycles. The lowest BCUT2D eigenvalue weighted by molar-refractivity contribution is 0.196. The van der Waals surface area contributed by atoms with Crippen molar-refractivity contribution in [2.24, 2.45) is 0 Å². The second kappa shape index (κ2) is 7.12. The summed E-state index contributed by atoms with van der Waals surface area (Å²) in [5.74, 6) is 0. The van der Waals surface area contributed by atoms with E-state index < -0.39 is 10.0 Å². The highest BCUT2D eigenvalue weighted by molar-refractivity contribution is 7.89. The van der Waals surface area contributed by atoms with E-state index in [0.717, 1.165) is 51.5 Å². The average molecular weight is 339 g/mol. The van der Waals surface area contributed by atoms with Gasteiger partial charge in [-0.05, 0) is 12.6 Å². The molecule has 0 spiro atoms. The predicted octanol–water partition coefficient (Wildman–Crippen LogP) is -0.183. The van der Waals surface area contributed by atoms with Gasteiger partial charge in [-0.25, -0.2) is 8.42 Å². The Bertz CT molecular complexity index is 623. The van der Waals surface area contributed by atoms with Crippen LogP contribution >= 0.6 is 0 Å². The fraction of sp³-hybridized carbons (Fsp3) is 0.667. The van der Waals surface area contributed by atoms with Crippen molar-refractivity contribution < 1.29 is 8.42 Å². The van der Waals surface area contributed by atoms with Crippen LogP contribution in [0, 0.1) is 0 Å². The molecule has 0 amide bonds. The van der Waals surface area contributed by atoms with Gasteiger partial charge in [-0.2, -0.15) is 4.31 Å². The van der Waals surface area contributed by atoms with E-state index in [1.54, 1.807) is 10.5 Å². The van der Waals surface area contributed by atoms with E-state index in [4.69, 9.17) is 0 Å². The molecule has 23 heavy (non-hydrogen) atoms. The second-order valence-corrected chi connectivity index (χ2v) is 7.83. The van der Waals surface area contributed by atoms with Gasteiger partial charge >= 0.3 is 0 Å². The van der Waals surface area contributed by atoms with Crippen molar-refractivity contribution >= 4 is 15.7 Å². The van der Waals surface area contributed by atoms with Crippen LogP contribution in [0.15, 0.2) is 23.4 Å². The maximum Gasteiger partial charge on any atom is 0.246 e. The molecule has 2 aliphatic rings. The molecule has 0 atom stereocenters. The minimum atomic E-state index is -3.49. The number of aromatic nitrogens is 1. The molecule has 8 heteroatoms. The van der Waals surface area contributed by atoms with E-state index in [1.807, 2.05) is 6.07 Å². The minimum absolute atomic E-state index is 0.340. The van der Waals surface area contributed by atoms with Crippen molar-refractivity contribution in [1.29, 1.82) is 0 Å². The first-order valence-corrected chi connectivity index (χ1v) is 9.69. The Morgan fingerprint density at radius 3 is 2.48 bits per heavy atom. The Kier molecular flexibility index (Phi) is 5.15. The summed E-state index contributed by atoms with van der Waals surface area (Å²) in [6.07, 6.45) is 3.17. The molecule has 0 saturated carbocycles. The molecule has 2 fully saturated rings. The number of piperazine rings is 2. The van der Waals surface area contributed by atoms with Gasteiger partial charge in [-0.15, -0.1) is 0 Å². The van der Waals surface area contributed by atoms with Crippen LogP contribution in [0.1, 0.15) is 6.92 Å². The number of hydrogen-bond acceptors (Lipinski definition) is 6. The van der Waals surface area contributed by atoms with Crippen LogP contribution < -0.4 is 10.2 Å². The van der Waals surface area contributed by atoms with Crippen molar-refractivity contribution in [1.82, 2.24) is 19.5 Å². The van der Waals surface area contributed by atoms with Crippen molar-refractivity contribution in [2.45, 2.75) is 11.8 Å². The number of nitrogens with zero attached hydrogens (tertiary/aromatic N) is 4. The number of likely N-dealkylation sites (N-methyl/N-ethyl adjacent to an activating group) is 1. The predicted molar refractivity (Wildman–Crippen MR) is 90.2 cm³/mol. The quantitative estimate of drug-likeness (QED) is 0.821. The molecular weight excluding hydrogens is 314 g/mol. The summed E-state index contributed by atoms with van der Waals surface area (Å²) >= 11 is 0. The molecule has 1 aromatic rings. The molecule has 1 aromatic heterocycles. The molecule has 2 aliphatic heterocycles. The fourth-order valence-electron chi connectivity index (χ4n) is 3.16. The number of rotatable bonds is 4. The average Bonchev–Trinajstić information content (AvgIpc) is 2.62. The molecule has 0 aromatic carbocycles. The third-order valence-electron chi connectivity index (χ3n) is 4.62. The summed E-state index contributed by atoms with van der Waals surface area (Å²) in [7, 11) is -3.49. The summed E-state index contributed by atoms with van der Waals surface area (Å²) in [5.41, 5.74) is 0.777. The van der Waals surface area contributed by atoms with Crippen LogP contribution in [0.5, 0.6) is 0 Å². The van der Waals surface area contributed by atoms with Crippen LogP contribution in [0.4, 0.5) is 5.69 Å². The molecule has 2 saturated heterocycles. The van der Waals surface area contributed by atoms with Crippen LogP contribution in [-0.2, 0) is 10.0 Å². The monoisotopic (exact) mass is 339 g/mol. The zero-order chi connectivity index (χ0) is 16.3. The summed E-state index contributed by atoms with van der Waals surface area (Å²) in [5, 5.41) is 3.29. The number of nitrogens with one attached hydrogen (secondary N) is 1. The topological polar surface area (TPSA) is 68.8 Å². The van der Waals surface area contributed by atoms with Crippen molar-refractivity contribution in [2.75, 3.05) is 63.8 Å². The third-order valence-corrected chi connectivity index (χ3v) is 6.53. The Morgan fingerprint density at radius 2 is 1.83 bits per heavy atom. The van der Waals surface area contributed by atoms with Crippen LogP contribution in [0.25, 0.3) is 0 Å². The van der Waals surface area contributed by atoms with E-state index in [2.05, 4.69) is 27.0 Å². The first kappa shape index (κ1) is 16.6. The van der Waals surface area contributed by atoms with Gasteiger partial charge in [0.25, 0.3) is 0 Å². The van der Waals surface area contributed by atoms with Gasteiger partial charge in [0.15, 0.2) is 0 Å².